The third-order valence-corrected chi connectivity index (χ3v) is 4.64. The summed E-state index contributed by atoms with van der Waals surface area (Å²) in [5.41, 5.74) is 6.38. The molecule has 2 aromatic carbocycles. The van der Waals surface area contributed by atoms with Crippen molar-refractivity contribution >= 4 is 23.0 Å². The van der Waals surface area contributed by atoms with E-state index in [0.29, 0.717) is 0 Å². The molecule has 0 aromatic heterocycles. The fraction of sp³-hybridized carbons (Fsp3) is 0.381. The molecule has 0 aliphatic carbocycles. The van der Waals surface area contributed by atoms with Crippen molar-refractivity contribution in [2.24, 2.45) is 0 Å². The highest BCUT2D eigenvalue weighted by molar-refractivity contribution is 5.95. The number of carbonyl (C=O) groups excluding carboxylic acids is 1. The van der Waals surface area contributed by atoms with Crippen LogP contribution in [0, 0.1) is 20.8 Å². The molecule has 1 fully saturated rings. The maximum Gasteiger partial charge on any atom is 0.243 e. The van der Waals surface area contributed by atoms with Crippen LogP contribution in [0.15, 0.2) is 36.4 Å². The highest BCUT2D eigenvalue weighted by Crippen LogP contribution is 2.26. The summed E-state index contributed by atoms with van der Waals surface area (Å²) >= 11 is 0. The molecule has 0 bridgehead atoms. The Labute approximate surface area is 155 Å². The smallest absolute Gasteiger partial charge is 0.243 e. The van der Waals surface area contributed by atoms with Crippen LogP contribution < -0.4 is 15.5 Å². The van der Waals surface area contributed by atoms with Gasteiger partial charge in [0.25, 0.3) is 0 Å². The molecule has 0 unspecified atom stereocenters. The number of aryl methyl sites for hydroxylation is 3. The first-order valence-electron chi connectivity index (χ1n) is 9.08. The molecule has 1 amide bonds. The summed E-state index contributed by atoms with van der Waals surface area (Å²) in [6.07, 6.45) is 0. The van der Waals surface area contributed by atoms with Crippen molar-refractivity contribution in [2.45, 2.75) is 20.8 Å². The molecule has 1 aliphatic heterocycles. The Morgan fingerprint density at radius 3 is 2.42 bits per heavy atom. The number of morpholine rings is 1. The number of carbonyl (C=O) groups is 1. The maximum atomic E-state index is 12.5. The van der Waals surface area contributed by atoms with E-state index in [0.717, 1.165) is 54.5 Å². The predicted molar refractivity (Wildman–Crippen MR) is 107 cm³/mol. The minimum Gasteiger partial charge on any atom is -0.378 e. The van der Waals surface area contributed by atoms with Crippen molar-refractivity contribution in [1.82, 2.24) is 0 Å². The van der Waals surface area contributed by atoms with Crippen molar-refractivity contribution in [3.05, 3.63) is 53.1 Å². The quantitative estimate of drug-likeness (QED) is 0.864. The summed E-state index contributed by atoms with van der Waals surface area (Å²) in [5, 5.41) is 6.33. The standard InChI is InChI=1S/C21H27N3O2/c1-15-12-16(2)21(17(3)13-15)23-20(25)14-22-18-6-4-5-7-19(18)24-8-10-26-11-9-24/h4-7,12-13,22H,8-11,14H2,1-3H3,(H,23,25). The molecule has 0 spiro atoms. The van der Waals surface area contributed by atoms with Crippen LogP contribution in [0.1, 0.15) is 16.7 Å². The Morgan fingerprint density at radius 2 is 1.73 bits per heavy atom. The number of rotatable bonds is 5. The van der Waals surface area contributed by atoms with E-state index in [2.05, 4.69) is 40.7 Å². The molecule has 1 aliphatic rings. The number of anilines is 3. The average Bonchev–Trinajstić information content (AvgIpc) is 2.64. The lowest BCUT2D eigenvalue weighted by atomic mass is 10.1. The Kier molecular flexibility index (Phi) is 5.78. The summed E-state index contributed by atoms with van der Waals surface area (Å²) in [5.74, 6) is -0.0446. The molecular weight excluding hydrogens is 326 g/mol. The van der Waals surface area contributed by atoms with E-state index in [4.69, 9.17) is 4.74 Å². The van der Waals surface area contributed by atoms with E-state index in [1.54, 1.807) is 0 Å². The molecule has 2 N–H and O–H groups in total. The number of hydrogen-bond donors (Lipinski definition) is 2. The van der Waals surface area contributed by atoms with Gasteiger partial charge in [0.15, 0.2) is 0 Å². The molecule has 0 radical (unpaired) electrons. The highest BCUT2D eigenvalue weighted by atomic mass is 16.5. The van der Waals surface area contributed by atoms with Crippen molar-refractivity contribution in [1.29, 1.82) is 0 Å². The normalized spacial score (nSPS) is 14.2. The van der Waals surface area contributed by atoms with Crippen molar-refractivity contribution in [3.63, 3.8) is 0 Å². The summed E-state index contributed by atoms with van der Waals surface area (Å²) in [6, 6.07) is 12.3. The van der Waals surface area contributed by atoms with Crippen LogP contribution in [0.4, 0.5) is 17.1 Å². The summed E-state index contributed by atoms with van der Waals surface area (Å²) in [4.78, 5) is 14.7. The Bertz CT molecular complexity index is 760. The zero-order valence-corrected chi connectivity index (χ0v) is 15.8. The van der Waals surface area contributed by atoms with Gasteiger partial charge in [-0.2, -0.15) is 0 Å². The fourth-order valence-electron chi connectivity index (χ4n) is 3.44. The van der Waals surface area contributed by atoms with Gasteiger partial charge >= 0.3 is 0 Å². The van der Waals surface area contributed by atoms with Gasteiger partial charge < -0.3 is 20.3 Å². The van der Waals surface area contributed by atoms with Crippen LogP contribution in [0.5, 0.6) is 0 Å². The second kappa shape index (κ2) is 8.23. The van der Waals surface area contributed by atoms with Gasteiger partial charge in [0.05, 0.1) is 31.1 Å². The first kappa shape index (κ1) is 18.3. The molecular formula is C21H27N3O2. The van der Waals surface area contributed by atoms with E-state index >= 15 is 0 Å². The Balaban J connectivity index is 1.65. The van der Waals surface area contributed by atoms with Crippen LogP contribution in [0.3, 0.4) is 0 Å². The van der Waals surface area contributed by atoms with Gasteiger partial charge in [-0.1, -0.05) is 29.8 Å². The fourth-order valence-corrected chi connectivity index (χ4v) is 3.44. The molecule has 2 aromatic rings. The Morgan fingerprint density at radius 1 is 1.08 bits per heavy atom. The van der Waals surface area contributed by atoms with Crippen LogP contribution in [0.2, 0.25) is 0 Å². The third kappa shape index (κ3) is 4.35. The zero-order chi connectivity index (χ0) is 18.5. The van der Waals surface area contributed by atoms with Gasteiger partial charge in [0.2, 0.25) is 5.91 Å². The molecule has 3 rings (SSSR count). The Hall–Kier alpha value is -2.53. The van der Waals surface area contributed by atoms with E-state index in [9.17, 15) is 4.79 Å². The van der Waals surface area contributed by atoms with Crippen molar-refractivity contribution < 1.29 is 9.53 Å². The van der Waals surface area contributed by atoms with Crippen LogP contribution >= 0.6 is 0 Å². The topological polar surface area (TPSA) is 53.6 Å². The molecule has 5 nitrogen and oxygen atoms in total. The number of nitrogens with zero attached hydrogens (tertiary/aromatic N) is 1. The number of benzene rings is 2. The van der Waals surface area contributed by atoms with Gasteiger partial charge in [-0.15, -0.1) is 0 Å². The van der Waals surface area contributed by atoms with E-state index in [-0.39, 0.29) is 12.5 Å². The number of nitrogens with one attached hydrogen (secondary N) is 2. The van der Waals surface area contributed by atoms with E-state index < -0.39 is 0 Å². The lowest BCUT2D eigenvalue weighted by molar-refractivity contribution is -0.114. The number of hydrogen-bond acceptors (Lipinski definition) is 4. The first-order valence-corrected chi connectivity index (χ1v) is 9.08. The number of amides is 1. The van der Waals surface area contributed by atoms with Crippen molar-refractivity contribution in [3.8, 4) is 0 Å². The van der Waals surface area contributed by atoms with Crippen LogP contribution in [-0.2, 0) is 9.53 Å². The largest absolute Gasteiger partial charge is 0.378 e. The molecule has 1 heterocycles. The first-order chi connectivity index (χ1) is 12.5. The molecule has 1 saturated heterocycles. The lowest BCUT2D eigenvalue weighted by Crippen LogP contribution is -2.36. The van der Waals surface area contributed by atoms with Gasteiger partial charge in [-0.25, -0.2) is 0 Å². The van der Waals surface area contributed by atoms with Gasteiger partial charge in [0, 0.05) is 18.8 Å². The molecule has 5 heteroatoms. The average molecular weight is 353 g/mol. The highest BCUT2D eigenvalue weighted by Gasteiger charge is 2.15. The molecule has 0 atom stereocenters. The number of para-hydroxylation sites is 2. The van der Waals surface area contributed by atoms with Crippen LogP contribution in [-0.4, -0.2) is 38.8 Å². The van der Waals surface area contributed by atoms with Gasteiger partial charge in [-0.3, -0.25) is 4.79 Å². The van der Waals surface area contributed by atoms with Gasteiger partial charge in [0.1, 0.15) is 0 Å². The predicted octanol–water partition coefficient (Wildman–Crippen LogP) is 3.50. The van der Waals surface area contributed by atoms with Crippen LogP contribution in [0.25, 0.3) is 0 Å². The summed E-state index contributed by atoms with van der Waals surface area (Å²) in [6.45, 7) is 9.55. The van der Waals surface area contributed by atoms with Gasteiger partial charge in [-0.05, 0) is 44.0 Å². The number of ether oxygens (including phenoxy) is 1. The minimum absolute atomic E-state index is 0.0446. The maximum absolute atomic E-state index is 12.5. The van der Waals surface area contributed by atoms with E-state index in [1.165, 1.54) is 5.56 Å². The molecule has 0 saturated carbocycles. The second-order valence-corrected chi connectivity index (χ2v) is 6.79. The third-order valence-electron chi connectivity index (χ3n) is 4.64. The molecule has 26 heavy (non-hydrogen) atoms. The summed E-state index contributed by atoms with van der Waals surface area (Å²) < 4.78 is 5.43. The van der Waals surface area contributed by atoms with Crippen molar-refractivity contribution in [2.75, 3.05) is 48.4 Å². The monoisotopic (exact) mass is 353 g/mol. The zero-order valence-electron chi connectivity index (χ0n) is 15.8. The van der Waals surface area contributed by atoms with E-state index in [1.807, 2.05) is 32.0 Å². The minimum atomic E-state index is -0.0446. The lowest BCUT2D eigenvalue weighted by Gasteiger charge is -2.30. The second-order valence-electron chi connectivity index (χ2n) is 6.79. The SMILES string of the molecule is Cc1cc(C)c(NC(=O)CNc2ccccc2N2CCOCC2)c(C)c1. The summed E-state index contributed by atoms with van der Waals surface area (Å²) in [7, 11) is 0. The molecule has 138 valence electrons.